The summed E-state index contributed by atoms with van der Waals surface area (Å²) in [7, 11) is 0. The van der Waals surface area contributed by atoms with E-state index in [2.05, 4.69) is 4.98 Å². The van der Waals surface area contributed by atoms with E-state index in [4.69, 9.17) is 19.9 Å². The Hall–Kier alpha value is -1.67. The Kier molecular flexibility index (Phi) is 4.29. The summed E-state index contributed by atoms with van der Waals surface area (Å²) < 4.78 is 16.5. The Balaban J connectivity index is 1.74. The minimum absolute atomic E-state index is 0.210. The van der Waals surface area contributed by atoms with Gasteiger partial charge in [-0.2, -0.15) is 0 Å². The molecule has 0 saturated carbocycles. The number of esters is 2. The second-order valence-corrected chi connectivity index (χ2v) is 8.00. The molecule has 0 aromatic carbocycles. The Bertz CT molecular complexity index is 661. The lowest BCUT2D eigenvalue weighted by molar-refractivity contribution is -0.160. The summed E-state index contributed by atoms with van der Waals surface area (Å²) in [5, 5.41) is 2.16. The number of aromatic nitrogens is 1. The molecule has 24 heavy (non-hydrogen) atoms. The normalized spacial score (nSPS) is 32.6. The number of carbonyl (C=O) groups is 2. The SMILES string of the molecule is CC(C)COC[C@@H]1C[C@]2(C[C@](C)(c3csc(N)n3)OC2=O)C(=O)O1. The fourth-order valence-corrected chi connectivity index (χ4v) is 3.96. The number of hydrogen-bond acceptors (Lipinski definition) is 8. The molecule has 132 valence electrons. The topological polar surface area (TPSA) is 101 Å². The number of hydrogen-bond donors (Lipinski definition) is 1. The zero-order valence-corrected chi connectivity index (χ0v) is 14.9. The molecule has 2 aliphatic heterocycles. The molecule has 7 nitrogen and oxygen atoms in total. The Morgan fingerprint density at radius 3 is 2.83 bits per heavy atom. The van der Waals surface area contributed by atoms with Gasteiger partial charge in [0.25, 0.3) is 0 Å². The maximum atomic E-state index is 12.5. The molecule has 0 aliphatic carbocycles. The predicted octanol–water partition coefficient (Wildman–Crippen LogP) is 1.86. The van der Waals surface area contributed by atoms with Crippen molar-refractivity contribution in [3.63, 3.8) is 0 Å². The van der Waals surface area contributed by atoms with Crippen molar-refractivity contribution in [2.45, 2.75) is 45.3 Å². The standard InChI is InChI=1S/C16H22N2O5S/c1-9(2)5-21-6-10-4-16(12(19)22-10)8-15(3,23-13(16)20)11-7-24-14(17)18-11/h7,9-10H,4-6,8H2,1-3H3,(H2,17,18)/t10-,15+,16-/m0/s1. The van der Waals surface area contributed by atoms with Crippen LogP contribution in [-0.2, 0) is 29.4 Å². The van der Waals surface area contributed by atoms with Crippen LogP contribution in [0, 0.1) is 11.3 Å². The maximum absolute atomic E-state index is 12.5. The second-order valence-electron chi connectivity index (χ2n) is 7.11. The van der Waals surface area contributed by atoms with Crippen LogP contribution in [0.3, 0.4) is 0 Å². The van der Waals surface area contributed by atoms with Gasteiger partial charge in [0.1, 0.15) is 6.10 Å². The van der Waals surface area contributed by atoms with Crippen molar-refractivity contribution in [3.05, 3.63) is 11.1 Å². The van der Waals surface area contributed by atoms with Crippen LogP contribution in [0.5, 0.6) is 0 Å². The van der Waals surface area contributed by atoms with E-state index in [1.165, 1.54) is 11.3 Å². The summed E-state index contributed by atoms with van der Waals surface area (Å²) >= 11 is 1.28. The molecule has 3 atom stereocenters. The Morgan fingerprint density at radius 1 is 1.46 bits per heavy atom. The molecule has 0 radical (unpaired) electrons. The van der Waals surface area contributed by atoms with Gasteiger partial charge in [-0.1, -0.05) is 13.8 Å². The minimum Gasteiger partial charge on any atom is -0.459 e. The third-order valence-corrected chi connectivity index (χ3v) is 5.08. The monoisotopic (exact) mass is 354 g/mol. The average molecular weight is 354 g/mol. The molecule has 0 amide bonds. The van der Waals surface area contributed by atoms with Crippen molar-refractivity contribution in [1.29, 1.82) is 0 Å². The number of nitrogens with two attached hydrogens (primary N) is 1. The van der Waals surface area contributed by atoms with Crippen LogP contribution in [0.4, 0.5) is 5.13 Å². The van der Waals surface area contributed by atoms with Crippen LogP contribution in [0.2, 0.25) is 0 Å². The molecule has 8 heteroatoms. The summed E-state index contributed by atoms with van der Waals surface area (Å²) in [6.45, 7) is 6.72. The second kappa shape index (κ2) is 6.00. The predicted molar refractivity (Wildman–Crippen MR) is 87.2 cm³/mol. The third kappa shape index (κ3) is 2.88. The zero-order valence-electron chi connectivity index (χ0n) is 14.0. The number of anilines is 1. The minimum atomic E-state index is -1.26. The van der Waals surface area contributed by atoms with Crippen LogP contribution >= 0.6 is 11.3 Å². The first-order chi connectivity index (χ1) is 11.2. The number of thiazole rings is 1. The highest BCUT2D eigenvalue weighted by atomic mass is 32.1. The summed E-state index contributed by atoms with van der Waals surface area (Å²) in [5.74, 6) is -0.684. The quantitative estimate of drug-likeness (QED) is 0.636. The highest BCUT2D eigenvalue weighted by molar-refractivity contribution is 7.13. The van der Waals surface area contributed by atoms with Crippen molar-refractivity contribution in [2.75, 3.05) is 18.9 Å². The van der Waals surface area contributed by atoms with Gasteiger partial charge in [-0.15, -0.1) is 11.3 Å². The van der Waals surface area contributed by atoms with E-state index in [-0.39, 0.29) is 12.8 Å². The van der Waals surface area contributed by atoms with Gasteiger partial charge < -0.3 is 19.9 Å². The molecule has 1 aromatic heterocycles. The van der Waals surface area contributed by atoms with Crippen molar-refractivity contribution in [1.82, 2.24) is 4.98 Å². The van der Waals surface area contributed by atoms with Gasteiger partial charge >= 0.3 is 11.9 Å². The molecule has 1 aromatic rings. The average Bonchev–Trinajstić information content (AvgIpc) is 3.11. The fraction of sp³-hybridized carbons (Fsp3) is 0.688. The number of nitrogens with zero attached hydrogens (tertiary/aromatic N) is 1. The largest absolute Gasteiger partial charge is 0.459 e. The summed E-state index contributed by atoms with van der Waals surface area (Å²) in [6, 6.07) is 0. The summed E-state index contributed by atoms with van der Waals surface area (Å²) in [4.78, 5) is 29.1. The van der Waals surface area contributed by atoms with E-state index < -0.39 is 29.1 Å². The van der Waals surface area contributed by atoms with E-state index in [0.717, 1.165) is 0 Å². The summed E-state index contributed by atoms with van der Waals surface area (Å²) in [5.41, 5.74) is 4.02. The number of ether oxygens (including phenoxy) is 3. The van der Waals surface area contributed by atoms with Gasteiger partial charge in [0.2, 0.25) is 0 Å². The summed E-state index contributed by atoms with van der Waals surface area (Å²) in [6.07, 6.45) is 0.0612. The van der Waals surface area contributed by atoms with Crippen LogP contribution in [0.15, 0.2) is 5.38 Å². The van der Waals surface area contributed by atoms with Gasteiger partial charge in [-0.3, -0.25) is 9.59 Å². The lowest BCUT2D eigenvalue weighted by Crippen LogP contribution is -2.32. The van der Waals surface area contributed by atoms with Crippen LogP contribution in [0.1, 0.15) is 39.3 Å². The Morgan fingerprint density at radius 2 is 2.21 bits per heavy atom. The smallest absolute Gasteiger partial charge is 0.324 e. The molecular formula is C16H22N2O5S. The Labute approximate surface area is 144 Å². The third-order valence-electron chi connectivity index (χ3n) is 4.41. The number of nitrogen functional groups attached to an aromatic ring is 1. The molecule has 0 bridgehead atoms. The fourth-order valence-electron chi connectivity index (χ4n) is 3.28. The van der Waals surface area contributed by atoms with Gasteiger partial charge in [0.05, 0.1) is 12.3 Å². The molecule has 2 fully saturated rings. The van der Waals surface area contributed by atoms with Gasteiger partial charge in [-0.25, -0.2) is 4.98 Å². The van der Waals surface area contributed by atoms with Crippen molar-refractivity contribution in [2.24, 2.45) is 11.3 Å². The van der Waals surface area contributed by atoms with E-state index in [1.54, 1.807) is 12.3 Å². The number of rotatable bonds is 5. The molecule has 3 rings (SSSR count). The molecule has 0 unspecified atom stereocenters. The molecular weight excluding hydrogens is 332 g/mol. The van der Waals surface area contributed by atoms with Crippen molar-refractivity contribution < 1.29 is 23.8 Å². The first-order valence-corrected chi connectivity index (χ1v) is 8.87. The number of cyclic esters (lactones) is 2. The van der Waals surface area contributed by atoms with Crippen LogP contribution in [0.25, 0.3) is 0 Å². The molecule has 1 spiro atoms. The van der Waals surface area contributed by atoms with Crippen molar-refractivity contribution in [3.8, 4) is 0 Å². The van der Waals surface area contributed by atoms with Gasteiger partial charge in [0.15, 0.2) is 16.1 Å². The number of carbonyl (C=O) groups excluding carboxylic acids is 2. The first kappa shape index (κ1) is 17.2. The first-order valence-electron chi connectivity index (χ1n) is 7.99. The molecule has 2 aliphatic rings. The zero-order chi connectivity index (χ0) is 17.5. The molecule has 2 N–H and O–H groups in total. The lowest BCUT2D eigenvalue weighted by atomic mass is 9.78. The van der Waals surface area contributed by atoms with Gasteiger partial charge in [-0.05, 0) is 12.8 Å². The molecule has 3 heterocycles. The van der Waals surface area contributed by atoms with Crippen LogP contribution < -0.4 is 5.73 Å². The molecule has 2 saturated heterocycles. The lowest BCUT2D eigenvalue weighted by Gasteiger charge is -2.20. The highest BCUT2D eigenvalue weighted by Gasteiger charge is 2.65. The maximum Gasteiger partial charge on any atom is 0.324 e. The van der Waals surface area contributed by atoms with Gasteiger partial charge in [0, 0.05) is 24.8 Å². The van der Waals surface area contributed by atoms with Crippen LogP contribution in [-0.4, -0.2) is 36.2 Å². The highest BCUT2D eigenvalue weighted by Crippen LogP contribution is 2.52. The van der Waals surface area contributed by atoms with E-state index >= 15 is 0 Å². The van der Waals surface area contributed by atoms with Crippen molar-refractivity contribution >= 4 is 28.4 Å². The van der Waals surface area contributed by atoms with E-state index in [0.29, 0.717) is 30.0 Å². The van der Waals surface area contributed by atoms with E-state index in [1.807, 2.05) is 13.8 Å². The van der Waals surface area contributed by atoms with E-state index in [9.17, 15) is 9.59 Å².